The summed E-state index contributed by atoms with van der Waals surface area (Å²) in [5.41, 5.74) is 2.73. The average molecular weight is 396 g/mol. The van der Waals surface area contributed by atoms with Crippen LogP contribution in [-0.4, -0.2) is 24.9 Å². The van der Waals surface area contributed by atoms with Crippen molar-refractivity contribution in [2.24, 2.45) is 11.3 Å². The number of Topliss-reactive ketones (excluding diaryl/α,β-unsaturated/α-hetero) is 1. The molecule has 3 aliphatic carbocycles. The van der Waals surface area contributed by atoms with Gasteiger partial charge in [0.2, 0.25) is 5.91 Å². The van der Waals surface area contributed by atoms with Crippen molar-refractivity contribution in [2.45, 2.75) is 88.7 Å². The summed E-state index contributed by atoms with van der Waals surface area (Å²) in [6, 6.07) is 6.82. The van der Waals surface area contributed by atoms with E-state index in [2.05, 4.69) is 23.5 Å². The number of rotatable bonds is 3. The summed E-state index contributed by atoms with van der Waals surface area (Å²) >= 11 is 0. The third-order valence-electron chi connectivity index (χ3n) is 8.44. The van der Waals surface area contributed by atoms with Crippen molar-refractivity contribution in [1.82, 2.24) is 5.32 Å². The third kappa shape index (κ3) is 2.98. The van der Waals surface area contributed by atoms with Gasteiger partial charge in [-0.05, 0) is 61.1 Å². The summed E-state index contributed by atoms with van der Waals surface area (Å²) in [7, 11) is 1.78. The molecule has 1 aromatic rings. The van der Waals surface area contributed by atoms with Gasteiger partial charge in [0.25, 0.3) is 0 Å². The molecule has 4 aliphatic rings. The highest BCUT2D eigenvalue weighted by atomic mass is 16.5. The van der Waals surface area contributed by atoms with Crippen LogP contribution >= 0.6 is 0 Å². The molecule has 2 spiro atoms. The summed E-state index contributed by atoms with van der Waals surface area (Å²) in [6.45, 7) is 0. The Morgan fingerprint density at radius 3 is 2.48 bits per heavy atom. The second-order valence-corrected chi connectivity index (χ2v) is 9.99. The number of benzene rings is 1. The van der Waals surface area contributed by atoms with Crippen LogP contribution in [0.4, 0.5) is 0 Å². The standard InChI is InChI=1S/C25H33NO3/c1-29-20-9-11-24(12-10-20)16-19-8-7-18(13-17-5-3-2-4-6-17)14-21(19)25(24)22(27)15-23(28)26-25/h7-8,14,17,20H,2-6,9-13,15-16H2,1H3,(H,26,28). The maximum absolute atomic E-state index is 13.4. The molecular formula is C25H33NO3. The fourth-order valence-electron chi connectivity index (χ4n) is 6.94. The minimum Gasteiger partial charge on any atom is -0.381 e. The topological polar surface area (TPSA) is 55.4 Å². The van der Waals surface area contributed by atoms with Crippen LogP contribution in [0.2, 0.25) is 0 Å². The minimum atomic E-state index is -0.805. The molecule has 5 rings (SSSR count). The Balaban J connectivity index is 1.51. The zero-order valence-corrected chi connectivity index (χ0v) is 17.6. The first kappa shape index (κ1) is 19.3. The molecule has 1 atom stereocenters. The van der Waals surface area contributed by atoms with Gasteiger partial charge in [-0.2, -0.15) is 0 Å². The predicted octanol–water partition coefficient (Wildman–Crippen LogP) is 4.23. The van der Waals surface area contributed by atoms with Crippen molar-refractivity contribution in [3.05, 3.63) is 34.9 Å². The predicted molar refractivity (Wildman–Crippen MR) is 112 cm³/mol. The Hall–Kier alpha value is -1.68. The molecule has 156 valence electrons. The van der Waals surface area contributed by atoms with Crippen molar-refractivity contribution in [1.29, 1.82) is 0 Å². The zero-order valence-electron chi connectivity index (χ0n) is 17.6. The second-order valence-electron chi connectivity index (χ2n) is 9.99. The highest BCUT2D eigenvalue weighted by Gasteiger charge is 2.65. The fourth-order valence-corrected chi connectivity index (χ4v) is 6.94. The molecule has 2 saturated carbocycles. The first-order valence-corrected chi connectivity index (χ1v) is 11.6. The molecule has 1 aliphatic heterocycles. The normalized spacial score (nSPS) is 34.7. The van der Waals surface area contributed by atoms with Crippen LogP contribution < -0.4 is 5.32 Å². The van der Waals surface area contributed by atoms with Crippen LogP contribution in [0.1, 0.15) is 80.9 Å². The van der Waals surface area contributed by atoms with Gasteiger partial charge in [-0.3, -0.25) is 9.59 Å². The van der Waals surface area contributed by atoms with Crippen molar-refractivity contribution in [3.8, 4) is 0 Å². The number of hydrogen-bond acceptors (Lipinski definition) is 3. The average Bonchev–Trinajstić information content (AvgIpc) is 3.18. The van der Waals surface area contributed by atoms with Gasteiger partial charge in [0.05, 0.1) is 12.5 Å². The molecular weight excluding hydrogens is 362 g/mol. The van der Waals surface area contributed by atoms with Crippen LogP contribution in [0.25, 0.3) is 0 Å². The zero-order chi connectivity index (χ0) is 20.1. The number of amides is 1. The number of carbonyl (C=O) groups excluding carboxylic acids is 2. The van der Waals surface area contributed by atoms with Gasteiger partial charge >= 0.3 is 0 Å². The Kier molecular flexibility index (Phi) is 4.81. The monoisotopic (exact) mass is 395 g/mol. The molecule has 4 heteroatoms. The molecule has 3 fully saturated rings. The SMILES string of the molecule is COC1CCC2(CC1)Cc1ccc(CC3CCCCC3)cc1C21NC(=O)CC1=O. The lowest BCUT2D eigenvalue weighted by Crippen LogP contribution is -2.56. The molecule has 1 N–H and O–H groups in total. The number of ether oxygens (including phenoxy) is 1. The Morgan fingerprint density at radius 1 is 1.07 bits per heavy atom. The van der Waals surface area contributed by atoms with Gasteiger partial charge in [-0.25, -0.2) is 0 Å². The van der Waals surface area contributed by atoms with E-state index in [4.69, 9.17) is 4.74 Å². The highest BCUT2D eigenvalue weighted by molar-refractivity contribution is 6.11. The lowest BCUT2D eigenvalue weighted by Gasteiger charge is -2.47. The highest BCUT2D eigenvalue weighted by Crippen LogP contribution is 2.60. The summed E-state index contributed by atoms with van der Waals surface area (Å²) in [5, 5.41) is 3.23. The lowest BCUT2D eigenvalue weighted by molar-refractivity contribution is -0.129. The molecule has 1 heterocycles. The maximum atomic E-state index is 13.4. The van der Waals surface area contributed by atoms with Crippen molar-refractivity contribution < 1.29 is 14.3 Å². The fraction of sp³-hybridized carbons (Fsp3) is 0.680. The van der Waals surface area contributed by atoms with E-state index >= 15 is 0 Å². The number of ketones is 1. The quantitative estimate of drug-likeness (QED) is 0.780. The van der Waals surface area contributed by atoms with Crippen LogP contribution in [0.5, 0.6) is 0 Å². The molecule has 0 aromatic heterocycles. The van der Waals surface area contributed by atoms with Crippen molar-refractivity contribution >= 4 is 11.7 Å². The van der Waals surface area contributed by atoms with Gasteiger partial charge in [0.1, 0.15) is 5.54 Å². The second kappa shape index (κ2) is 7.23. The summed E-state index contributed by atoms with van der Waals surface area (Å²) in [4.78, 5) is 25.8. The van der Waals surface area contributed by atoms with E-state index in [1.54, 1.807) is 7.11 Å². The first-order chi connectivity index (χ1) is 14.1. The molecule has 1 unspecified atom stereocenters. The number of carbonyl (C=O) groups is 2. The van der Waals surface area contributed by atoms with Crippen LogP contribution in [0.3, 0.4) is 0 Å². The van der Waals surface area contributed by atoms with Gasteiger partial charge in [0, 0.05) is 12.5 Å². The van der Waals surface area contributed by atoms with Gasteiger partial charge in [0.15, 0.2) is 5.78 Å². The Morgan fingerprint density at radius 2 is 1.83 bits per heavy atom. The minimum absolute atomic E-state index is 0.0295. The number of methoxy groups -OCH3 is 1. The van der Waals surface area contributed by atoms with Gasteiger partial charge in [-0.15, -0.1) is 0 Å². The lowest BCUT2D eigenvalue weighted by atomic mass is 9.60. The summed E-state index contributed by atoms with van der Waals surface area (Å²) in [5.74, 6) is 0.750. The van der Waals surface area contributed by atoms with Gasteiger partial charge < -0.3 is 10.1 Å². The Bertz CT molecular complexity index is 817. The molecule has 29 heavy (non-hydrogen) atoms. The van der Waals surface area contributed by atoms with Crippen LogP contribution in [0.15, 0.2) is 18.2 Å². The van der Waals surface area contributed by atoms with E-state index in [-0.39, 0.29) is 29.6 Å². The van der Waals surface area contributed by atoms with Crippen molar-refractivity contribution in [2.75, 3.05) is 7.11 Å². The van der Waals surface area contributed by atoms with Crippen LogP contribution in [0, 0.1) is 11.3 Å². The number of hydrogen-bond donors (Lipinski definition) is 1. The number of fused-ring (bicyclic) bond motifs is 3. The van der Waals surface area contributed by atoms with E-state index in [0.717, 1.165) is 50.0 Å². The summed E-state index contributed by atoms with van der Waals surface area (Å²) in [6.07, 6.45) is 12.8. The van der Waals surface area contributed by atoms with Crippen molar-refractivity contribution in [3.63, 3.8) is 0 Å². The van der Waals surface area contributed by atoms with Gasteiger partial charge in [-0.1, -0.05) is 50.3 Å². The summed E-state index contributed by atoms with van der Waals surface area (Å²) < 4.78 is 5.60. The molecule has 1 amide bonds. The molecule has 4 nitrogen and oxygen atoms in total. The van der Waals surface area contributed by atoms with E-state index in [1.165, 1.54) is 43.2 Å². The van der Waals surface area contributed by atoms with E-state index in [1.807, 2.05) is 0 Å². The largest absolute Gasteiger partial charge is 0.381 e. The first-order valence-electron chi connectivity index (χ1n) is 11.6. The van der Waals surface area contributed by atoms with E-state index < -0.39 is 5.54 Å². The smallest absolute Gasteiger partial charge is 0.228 e. The molecule has 1 saturated heterocycles. The Labute approximate surface area is 173 Å². The third-order valence-corrected chi connectivity index (χ3v) is 8.44. The molecule has 0 bridgehead atoms. The van der Waals surface area contributed by atoms with E-state index in [0.29, 0.717) is 0 Å². The van der Waals surface area contributed by atoms with Crippen LogP contribution in [-0.2, 0) is 32.7 Å². The van der Waals surface area contributed by atoms with E-state index in [9.17, 15) is 9.59 Å². The number of nitrogens with one attached hydrogen (secondary N) is 1. The molecule has 0 radical (unpaired) electrons. The molecule has 1 aromatic carbocycles. The maximum Gasteiger partial charge on any atom is 0.228 e.